The molecule has 7 heteroatoms. The fourth-order valence-corrected chi connectivity index (χ4v) is 6.59. The van der Waals surface area contributed by atoms with Crippen LogP contribution in [0, 0.1) is 17.8 Å². The zero-order valence-electron chi connectivity index (χ0n) is 17.9. The van der Waals surface area contributed by atoms with Gasteiger partial charge in [0.15, 0.2) is 0 Å². The summed E-state index contributed by atoms with van der Waals surface area (Å²) in [6.07, 6.45) is 5.41. The molecule has 0 bridgehead atoms. The van der Waals surface area contributed by atoms with E-state index in [1.807, 2.05) is 12.1 Å². The second-order valence-corrected chi connectivity index (χ2v) is 11.2. The zero-order chi connectivity index (χ0) is 21.3. The first-order valence-corrected chi connectivity index (χ1v) is 12.5. The van der Waals surface area contributed by atoms with Crippen LogP contribution in [0.1, 0.15) is 44.2 Å². The van der Waals surface area contributed by atoms with Gasteiger partial charge in [0.25, 0.3) is 0 Å². The lowest BCUT2D eigenvalue weighted by Crippen LogP contribution is -2.42. The van der Waals surface area contributed by atoms with Crippen LogP contribution in [-0.4, -0.2) is 51.5 Å². The lowest BCUT2D eigenvalue weighted by Gasteiger charge is -2.34. The quantitative estimate of drug-likeness (QED) is 0.776. The maximum Gasteiger partial charge on any atom is 0.247 e. The molecule has 0 spiro atoms. The first kappa shape index (κ1) is 21.5. The van der Waals surface area contributed by atoms with E-state index < -0.39 is 10.0 Å². The number of carbonyl (C=O) groups is 1. The first-order valence-electron chi connectivity index (χ1n) is 11.0. The summed E-state index contributed by atoms with van der Waals surface area (Å²) < 4.78 is 33.4. The molecular formula is C23H32N2O4S. The summed E-state index contributed by atoms with van der Waals surface area (Å²) in [6, 6.07) is 5.27. The minimum absolute atomic E-state index is 0.0548. The van der Waals surface area contributed by atoms with Gasteiger partial charge in [-0.25, -0.2) is 8.42 Å². The molecule has 164 valence electrons. The van der Waals surface area contributed by atoms with Crippen molar-refractivity contribution in [1.29, 1.82) is 0 Å². The van der Waals surface area contributed by atoms with Crippen molar-refractivity contribution >= 4 is 22.0 Å². The molecule has 3 aliphatic rings. The van der Waals surface area contributed by atoms with E-state index in [0.717, 1.165) is 43.6 Å². The molecular weight excluding hydrogens is 400 g/mol. The van der Waals surface area contributed by atoms with Crippen molar-refractivity contribution in [1.82, 2.24) is 9.62 Å². The van der Waals surface area contributed by atoms with Gasteiger partial charge in [0.05, 0.1) is 4.90 Å². The largest absolute Gasteiger partial charge is 0.381 e. The fraction of sp³-hybridized carbons (Fsp3) is 0.609. The molecule has 30 heavy (non-hydrogen) atoms. The van der Waals surface area contributed by atoms with Gasteiger partial charge in [-0.1, -0.05) is 19.9 Å². The molecule has 2 aliphatic heterocycles. The molecule has 0 saturated carbocycles. The highest BCUT2D eigenvalue weighted by atomic mass is 32.2. The molecule has 0 aromatic heterocycles. The molecule has 2 atom stereocenters. The lowest BCUT2D eigenvalue weighted by molar-refractivity contribution is -0.117. The number of piperidine rings is 1. The Kier molecular flexibility index (Phi) is 6.32. The van der Waals surface area contributed by atoms with Crippen molar-refractivity contribution in [3.8, 4) is 0 Å². The van der Waals surface area contributed by atoms with Gasteiger partial charge in [-0.2, -0.15) is 4.31 Å². The van der Waals surface area contributed by atoms with Crippen LogP contribution in [0.15, 0.2) is 28.7 Å². The van der Waals surface area contributed by atoms with Crippen LogP contribution in [0.4, 0.5) is 0 Å². The molecule has 2 heterocycles. The van der Waals surface area contributed by atoms with Gasteiger partial charge < -0.3 is 10.1 Å². The van der Waals surface area contributed by atoms with E-state index in [-0.39, 0.29) is 5.91 Å². The smallest absolute Gasteiger partial charge is 0.247 e. The molecule has 6 nitrogen and oxygen atoms in total. The van der Waals surface area contributed by atoms with Gasteiger partial charge in [-0.3, -0.25) is 4.79 Å². The normalized spacial score (nSPS) is 25.6. The van der Waals surface area contributed by atoms with Crippen LogP contribution < -0.4 is 5.32 Å². The van der Waals surface area contributed by atoms with E-state index in [0.29, 0.717) is 54.3 Å². The van der Waals surface area contributed by atoms with Gasteiger partial charge in [0, 0.05) is 44.8 Å². The Labute approximate surface area is 179 Å². The van der Waals surface area contributed by atoms with E-state index >= 15 is 0 Å². The van der Waals surface area contributed by atoms with Gasteiger partial charge in [-0.15, -0.1) is 0 Å². The third-order valence-electron chi connectivity index (χ3n) is 6.48. The number of ether oxygens (including phenoxy) is 1. The average Bonchev–Trinajstić information content (AvgIpc) is 3.15. The van der Waals surface area contributed by atoms with Crippen LogP contribution in [0.2, 0.25) is 0 Å². The number of benzene rings is 1. The average molecular weight is 433 g/mol. The van der Waals surface area contributed by atoms with E-state index in [9.17, 15) is 13.2 Å². The highest BCUT2D eigenvalue weighted by molar-refractivity contribution is 7.89. The third-order valence-corrected chi connectivity index (χ3v) is 8.31. The van der Waals surface area contributed by atoms with Crippen LogP contribution in [0.5, 0.6) is 0 Å². The molecule has 1 N–H and O–H groups in total. The Hall–Kier alpha value is -1.70. The molecule has 1 aliphatic carbocycles. The van der Waals surface area contributed by atoms with E-state index in [4.69, 9.17) is 4.74 Å². The van der Waals surface area contributed by atoms with E-state index in [1.54, 1.807) is 16.4 Å². The van der Waals surface area contributed by atoms with Crippen molar-refractivity contribution in [2.45, 2.75) is 44.4 Å². The number of carbonyl (C=O) groups excluding carboxylic acids is 1. The van der Waals surface area contributed by atoms with Crippen LogP contribution >= 0.6 is 0 Å². The van der Waals surface area contributed by atoms with Crippen molar-refractivity contribution in [3.05, 3.63) is 34.9 Å². The Morgan fingerprint density at radius 1 is 1.17 bits per heavy atom. The number of hydrogen-bond donors (Lipinski definition) is 1. The second-order valence-electron chi connectivity index (χ2n) is 9.24. The minimum Gasteiger partial charge on any atom is -0.381 e. The number of sulfonamides is 1. The fourth-order valence-electron chi connectivity index (χ4n) is 4.87. The zero-order valence-corrected chi connectivity index (χ0v) is 18.7. The lowest BCUT2D eigenvalue weighted by atomic mass is 9.94. The molecule has 1 aromatic rings. The summed E-state index contributed by atoms with van der Waals surface area (Å²) in [4.78, 5) is 12.9. The maximum atomic E-state index is 13.2. The Balaban J connectivity index is 1.45. The van der Waals surface area contributed by atoms with E-state index in [1.165, 1.54) is 0 Å². The SMILES string of the molecule is CC1CC(C)CN(S(=O)(=O)c2ccc3c(c2)C=C(C(=O)NCC2CCOCC2)C3)C1. The molecule has 4 rings (SSSR count). The Bertz CT molecular complexity index is 925. The maximum absolute atomic E-state index is 13.2. The van der Waals surface area contributed by atoms with Crippen LogP contribution in [-0.2, 0) is 26.0 Å². The molecule has 1 aromatic carbocycles. The number of amides is 1. The second kappa shape index (κ2) is 8.81. The highest BCUT2D eigenvalue weighted by Gasteiger charge is 2.32. The van der Waals surface area contributed by atoms with Crippen LogP contribution in [0.25, 0.3) is 6.08 Å². The van der Waals surface area contributed by atoms with Crippen molar-refractivity contribution in [3.63, 3.8) is 0 Å². The highest BCUT2D eigenvalue weighted by Crippen LogP contribution is 2.31. The molecule has 2 unspecified atom stereocenters. The molecule has 0 radical (unpaired) electrons. The topological polar surface area (TPSA) is 75.7 Å². The summed E-state index contributed by atoms with van der Waals surface area (Å²) in [5, 5.41) is 3.05. The van der Waals surface area contributed by atoms with Crippen molar-refractivity contribution in [2.24, 2.45) is 17.8 Å². The van der Waals surface area contributed by atoms with Crippen molar-refractivity contribution in [2.75, 3.05) is 32.8 Å². The Morgan fingerprint density at radius 3 is 2.57 bits per heavy atom. The molecule has 1 amide bonds. The minimum atomic E-state index is -3.52. The van der Waals surface area contributed by atoms with Gasteiger partial charge in [-0.05, 0) is 66.4 Å². The predicted molar refractivity (Wildman–Crippen MR) is 116 cm³/mol. The number of fused-ring (bicyclic) bond motifs is 1. The third kappa shape index (κ3) is 4.63. The molecule has 2 fully saturated rings. The Morgan fingerprint density at radius 2 is 1.87 bits per heavy atom. The summed E-state index contributed by atoms with van der Waals surface area (Å²) in [5.74, 6) is 1.15. The number of nitrogens with zero attached hydrogens (tertiary/aromatic N) is 1. The number of rotatable bonds is 5. The number of nitrogens with one attached hydrogen (secondary N) is 1. The van der Waals surface area contributed by atoms with Crippen LogP contribution in [0.3, 0.4) is 0 Å². The van der Waals surface area contributed by atoms with Gasteiger partial charge in [0.1, 0.15) is 0 Å². The molecule has 2 saturated heterocycles. The summed E-state index contributed by atoms with van der Waals surface area (Å²) in [7, 11) is -3.52. The number of hydrogen-bond acceptors (Lipinski definition) is 4. The van der Waals surface area contributed by atoms with Gasteiger partial charge >= 0.3 is 0 Å². The summed E-state index contributed by atoms with van der Waals surface area (Å²) >= 11 is 0. The van der Waals surface area contributed by atoms with E-state index in [2.05, 4.69) is 19.2 Å². The predicted octanol–water partition coefficient (Wildman–Crippen LogP) is 2.84. The first-order chi connectivity index (χ1) is 14.3. The standard InChI is InChI=1S/C23H32N2O4S/c1-16-9-17(2)15-25(14-16)30(27,28)22-4-3-19-10-21(11-20(19)12-22)23(26)24-13-18-5-7-29-8-6-18/h3-4,11-12,16-18H,5-10,13-15H2,1-2H3,(H,24,26). The monoisotopic (exact) mass is 432 g/mol. The summed E-state index contributed by atoms with van der Waals surface area (Å²) in [5.41, 5.74) is 2.54. The summed E-state index contributed by atoms with van der Waals surface area (Å²) in [6.45, 7) is 7.55. The van der Waals surface area contributed by atoms with Gasteiger partial charge in [0.2, 0.25) is 15.9 Å². The van der Waals surface area contributed by atoms with Crippen molar-refractivity contribution < 1.29 is 17.9 Å².